The van der Waals surface area contributed by atoms with Crippen LogP contribution in [0.3, 0.4) is 0 Å². The van der Waals surface area contributed by atoms with Crippen molar-refractivity contribution >= 4 is 12.0 Å². The van der Waals surface area contributed by atoms with Crippen LogP contribution >= 0.6 is 0 Å². The Balaban J connectivity index is 1.22. The number of likely N-dealkylation sites (N-methyl/N-ethyl adjacent to an activating group) is 1. The molecule has 1 saturated carbocycles. The highest BCUT2D eigenvalue weighted by atomic mass is 16.2. The molecule has 3 aromatic carbocycles. The predicted octanol–water partition coefficient (Wildman–Crippen LogP) is 6.07. The molecule has 2 aliphatic rings. The zero-order valence-corrected chi connectivity index (χ0v) is 24.7. The Labute approximate surface area is 246 Å². The highest BCUT2D eigenvalue weighted by Gasteiger charge is 2.16. The van der Waals surface area contributed by atoms with E-state index in [0.29, 0.717) is 12.6 Å². The van der Waals surface area contributed by atoms with Crippen LogP contribution in [-0.2, 0) is 17.9 Å². The van der Waals surface area contributed by atoms with Crippen molar-refractivity contribution in [3.05, 3.63) is 102 Å². The molecule has 0 spiro atoms. The van der Waals surface area contributed by atoms with E-state index in [-0.39, 0.29) is 5.91 Å². The Hall–Kier alpha value is -3.25. The van der Waals surface area contributed by atoms with Gasteiger partial charge in [0.1, 0.15) is 0 Å². The number of carbonyl (C=O) groups excluding carboxylic acids is 1. The minimum absolute atomic E-state index is 0.0664. The van der Waals surface area contributed by atoms with E-state index in [1.807, 2.05) is 41.3 Å². The van der Waals surface area contributed by atoms with Gasteiger partial charge < -0.3 is 20.0 Å². The zero-order valence-electron chi connectivity index (χ0n) is 24.7. The molecule has 1 aliphatic carbocycles. The molecule has 1 saturated heterocycles. The molecule has 0 atom stereocenters. The highest BCUT2D eigenvalue weighted by molar-refractivity contribution is 5.91. The molecule has 3 aromatic rings. The fraction of sp³-hybridized carbons (Fsp3) is 0.417. The van der Waals surface area contributed by atoms with E-state index in [4.69, 9.17) is 0 Å². The number of rotatable bonds is 12. The standard InChI is InChI=1S/C36H46N4O/c1-38-23-25-39(26-24-38)21-8-22-40(36(41)20-17-30-9-3-2-4-10-30)29-32-11-7-12-34(27-32)33-18-15-31(16-19-33)28-37-35-13-5-6-14-35/h2-4,7,9-12,15-20,27,35,37H,5-6,8,13-14,21-26,28-29H2,1H3/b20-17+. The summed E-state index contributed by atoms with van der Waals surface area (Å²) in [6.07, 6.45) is 9.96. The lowest BCUT2D eigenvalue weighted by Gasteiger charge is -2.33. The van der Waals surface area contributed by atoms with Gasteiger partial charge in [0.05, 0.1) is 0 Å². The van der Waals surface area contributed by atoms with Crippen molar-refractivity contribution in [2.45, 2.75) is 51.2 Å². The Morgan fingerprint density at radius 3 is 2.39 bits per heavy atom. The second-order valence-electron chi connectivity index (χ2n) is 11.8. The monoisotopic (exact) mass is 550 g/mol. The Kier molecular flexibility index (Phi) is 10.8. The molecule has 2 fully saturated rings. The van der Waals surface area contributed by atoms with E-state index >= 15 is 0 Å². The van der Waals surface area contributed by atoms with Crippen LogP contribution in [0.15, 0.2) is 84.9 Å². The molecule has 1 N–H and O–H groups in total. The van der Waals surface area contributed by atoms with Crippen LogP contribution in [0.4, 0.5) is 0 Å². The van der Waals surface area contributed by atoms with Crippen molar-refractivity contribution in [3.8, 4) is 11.1 Å². The third kappa shape index (κ3) is 9.12. The first-order valence-corrected chi connectivity index (χ1v) is 15.5. The van der Waals surface area contributed by atoms with Crippen molar-refractivity contribution in [2.24, 2.45) is 0 Å². The average Bonchev–Trinajstić information content (AvgIpc) is 3.54. The highest BCUT2D eigenvalue weighted by Crippen LogP contribution is 2.23. The van der Waals surface area contributed by atoms with Crippen LogP contribution in [0.25, 0.3) is 17.2 Å². The maximum Gasteiger partial charge on any atom is 0.246 e. The van der Waals surface area contributed by atoms with Gasteiger partial charge in [-0.2, -0.15) is 0 Å². The van der Waals surface area contributed by atoms with Crippen LogP contribution in [0.1, 0.15) is 48.8 Å². The van der Waals surface area contributed by atoms with Crippen LogP contribution in [-0.4, -0.2) is 73.0 Å². The van der Waals surface area contributed by atoms with Gasteiger partial charge in [-0.1, -0.05) is 85.6 Å². The third-order valence-corrected chi connectivity index (χ3v) is 8.57. The third-order valence-electron chi connectivity index (χ3n) is 8.57. The van der Waals surface area contributed by atoms with Gasteiger partial charge in [-0.15, -0.1) is 0 Å². The van der Waals surface area contributed by atoms with Crippen molar-refractivity contribution in [2.75, 3.05) is 46.3 Å². The van der Waals surface area contributed by atoms with Gasteiger partial charge in [0.15, 0.2) is 0 Å². The van der Waals surface area contributed by atoms with E-state index in [1.165, 1.54) is 42.4 Å². The Bertz CT molecular complexity index is 1240. The van der Waals surface area contributed by atoms with Crippen LogP contribution < -0.4 is 5.32 Å². The molecule has 216 valence electrons. The Morgan fingerprint density at radius 2 is 1.63 bits per heavy atom. The predicted molar refractivity (Wildman–Crippen MR) is 170 cm³/mol. The molecule has 0 aromatic heterocycles. The quantitative estimate of drug-likeness (QED) is 0.278. The summed E-state index contributed by atoms with van der Waals surface area (Å²) in [6, 6.07) is 28.4. The first-order chi connectivity index (χ1) is 20.1. The summed E-state index contributed by atoms with van der Waals surface area (Å²) in [5.74, 6) is 0.0664. The van der Waals surface area contributed by atoms with Crippen molar-refractivity contribution < 1.29 is 4.79 Å². The minimum Gasteiger partial charge on any atom is -0.335 e. The molecule has 0 unspecified atom stereocenters. The number of amides is 1. The first kappa shape index (κ1) is 29.2. The minimum atomic E-state index is 0.0664. The number of nitrogens with zero attached hydrogens (tertiary/aromatic N) is 3. The lowest BCUT2D eigenvalue weighted by Crippen LogP contribution is -2.45. The van der Waals surface area contributed by atoms with E-state index < -0.39 is 0 Å². The molecule has 0 radical (unpaired) electrons. The maximum atomic E-state index is 13.4. The van der Waals surface area contributed by atoms with Gasteiger partial charge in [0, 0.05) is 57.9 Å². The summed E-state index contributed by atoms with van der Waals surface area (Å²) in [5, 5.41) is 3.71. The molecule has 1 heterocycles. The largest absolute Gasteiger partial charge is 0.335 e. The van der Waals surface area contributed by atoms with Gasteiger partial charge in [-0.05, 0) is 72.8 Å². The molecule has 1 amide bonds. The lowest BCUT2D eigenvalue weighted by molar-refractivity contribution is -0.126. The topological polar surface area (TPSA) is 38.8 Å². The van der Waals surface area contributed by atoms with Crippen molar-refractivity contribution in [1.29, 1.82) is 0 Å². The second-order valence-corrected chi connectivity index (χ2v) is 11.8. The molecule has 41 heavy (non-hydrogen) atoms. The van der Waals surface area contributed by atoms with E-state index in [0.717, 1.165) is 63.4 Å². The number of benzene rings is 3. The molecule has 5 rings (SSSR count). The van der Waals surface area contributed by atoms with Crippen LogP contribution in [0, 0.1) is 0 Å². The Morgan fingerprint density at radius 1 is 0.878 bits per heavy atom. The molecule has 5 nitrogen and oxygen atoms in total. The van der Waals surface area contributed by atoms with Crippen molar-refractivity contribution in [1.82, 2.24) is 20.0 Å². The van der Waals surface area contributed by atoms with Crippen LogP contribution in [0.5, 0.6) is 0 Å². The summed E-state index contributed by atoms with van der Waals surface area (Å²) in [5.41, 5.74) is 5.95. The number of hydrogen-bond acceptors (Lipinski definition) is 4. The molecule has 0 bridgehead atoms. The summed E-state index contributed by atoms with van der Waals surface area (Å²) in [4.78, 5) is 20.3. The number of hydrogen-bond donors (Lipinski definition) is 1. The van der Waals surface area contributed by atoms with Gasteiger partial charge >= 0.3 is 0 Å². The fourth-order valence-corrected chi connectivity index (χ4v) is 5.94. The van der Waals surface area contributed by atoms with E-state index in [9.17, 15) is 4.79 Å². The number of carbonyl (C=O) groups is 1. The summed E-state index contributed by atoms with van der Waals surface area (Å²) in [7, 11) is 2.19. The molecular weight excluding hydrogens is 504 g/mol. The van der Waals surface area contributed by atoms with Gasteiger partial charge in [0.25, 0.3) is 0 Å². The summed E-state index contributed by atoms with van der Waals surface area (Å²) < 4.78 is 0. The van der Waals surface area contributed by atoms with Crippen LogP contribution in [0.2, 0.25) is 0 Å². The lowest BCUT2D eigenvalue weighted by atomic mass is 10.0. The zero-order chi connectivity index (χ0) is 28.3. The first-order valence-electron chi connectivity index (χ1n) is 15.5. The number of nitrogens with one attached hydrogen (secondary N) is 1. The summed E-state index contributed by atoms with van der Waals surface area (Å²) in [6.45, 7) is 7.77. The van der Waals surface area contributed by atoms with E-state index in [2.05, 4.69) is 70.7 Å². The average molecular weight is 551 g/mol. The fourth-order valence-electron chi connectivity index (χ4n) is 5.94. The van der Waals surface area contributed by atoms with Crippen molar-refractivity contribution in [3.63, 3.8) is 0 Å². The molecule has 1 aliphatic heterocycles. The molecule has 5 heteroatoms. The molecular formula is C36H46N4O. The smallest absolute Gasteiger partial charge is 0.246 e. The van der Waals surface area contributed by atoms with E-state index in [1.54, 1.807) is 6.08 Å². The normalized spacial score (nSPS) is 16.9. The van der Waals surface area contributed by atoms with Gasteiger partial charge in [-0.3, -0.25) is 4.79 Å². The maximum absolute atomic E-state index is 13.4. The summed E-state index contributed by atoms with van der Waals surface area (Å²) >= 11 is 0. The van der Waals surface area contributed by atoms with Gasteiger partial charge in [0.2, 0.25) is 5.91 Å². The number of piperazine rings is 1. The van der Waals surface area contributed by atoms with Gasteiger partial charge in [-0.25, -0.2) is 0 Å². The SMILES string of the molecule is CN1CCN(CCCN(Cc2cccc(-c3ccc(CNC4CCCC4)cc3)c2)C(=O)/C=C/c2ccccc2)CC1. The second kappa shape index (κ2) is 15.1.